The van der Waals surface area contributed by atoms with Gasteiger partial charge < -0.3 is 5.11 Å². The van der Waals surface area contributed by atoms with Crippen LogP contribution in [0.25, 0.3) is 0 Å². The highest BCUT2D eigenvalue weighted by Crippen LogP contribution is 2.32. The SMILES string of the molecule is CC(O)CC(C)(C)c1ccc(Cl)c(Cl)c1. The van der Waals surface area contributed by atoms with Gasteiger partial charge in [0, 0.05) is 0 Å². The third kappa shape index (κ3) is 3.37. The van der Waals surface area contributed by atoms with E-state index < -0.39 is 0 Å². The van der Waals surface area contributed by atoms with Crippen LogP contribution < -0.4 is 0 Å². The standard InChI is InChI=1S/C12H16Cl2O/c1-8(15)7-12(2,3)9-4-5-10(13)11(14)6-9/h4-6,8,15H,7H2,1-3H3. The van der Waals surface area contributed by atoms with Crippen molar-refractivity contribution in [3.63, 3.8) is 0 Å². The molecule has 0 aromatic heterocycles. The maximum Gasteiger partial charge on any atom is 0.0595 e. The first-order chi connectivity index (χ1) is 6.83. The summed E-state index contributed by atoms with van der Waals surface area (Å²) in [5, 5.41) is 10.5. The summed E-state index contributed by atoms with van der Waals surface area (Å²) in [6.45, 7) is 5.96. The maximum atomic E-state index is 9.41. The quantitative estimate of drug-likeness (QED) is 0.854. The second-order valence-electron chi connectivity index (χ2n) is 4.57. The largest absolute Gasteiger partial charge is 0.393 e. The van der Waals surface area contributed by atoms with Crippen molar-refractivity contribution in [3.8, 4) is 0 Å². The lowest BCUT2D eigenvalue weighted by Crippen LogP contribution is -2.22. The Morgan fingerprint density at radius 3 is 2.33 bits per heavy atom. The van der Waals surface area contributed by atoms with Gasteiger partial charge in [0.25, 0.3) is 0 Å². The Morgan fingerprint density at radius 2 is 1.87 bits per heavy atom. The Kier molecular flexibility index (Phi) is 4.05. The third-order valence-electron chi connectivity index (χ3n) is 2.51. The van der Waals surface area contributed by atoms with Crippen LogP contribution >= 0.6 is 23.2 Å². The zero-order valence-corrected chi connectivity index (χ0v) is 10.7. The van der Waals surface area contributed by atoms with E-state index in [-0.39, 0.29) is 11.5 Å². The Balaban J connectivity index is 2.99. The van der Waals surface area contributed by atoms with Gasteiger partial charge in [-0.3, -0.25) is 0 Å². The highest BCUT2D eigenvalue weighted by atomic mass is 35.5. The van der Waals surface area contributed by atoms with Crippen LogP contribution in [0.5, 0.6) is 0 Å². The lowest BCUT2D eigenvalue weighted by atomic mass is 9.80. The molecule has 0 spiro atoms. The molecule has 84 valence electrons. The molecule has 0 bridgehead atoms. The molecule has 0 saturated heterocycles. The molecule has 0 aliphatic rings. The van der Waals surface area contributed by atoms with E-state index >= 15 is 0 Å². The molecule has 0 amide bonds. The van der Waals surface area contributed by atoms with Gasteiger partial charge >= 0.3 is 0 Å². The van der Waals surface area contributed by atoms with Crippen molar-refractivity contribution in [1.29, 1.82) is 0 Å². The van der Waals surface area contributed by atoms with Crippen molar-refractivity contribution in [2.45, 2.75) is 38.7 Å². The Morgan fingerprint density at radius 1 is 1.27 bits per heavy atom. The van der Waals surface area contributed by atoms with Crippen molar-refractivity contribution < 1.29 is 5.11 Å². The van der Waals surface area contributed by atoms with E-state index in [1.54, 1.807) is 13.0 Å². The van der Waals surface area contributed by atoms with Gasteiger partial charge in [-0.2, -0.15) is 0 Å². The highest BCUT2D eigenvalue weighted by Gasteiger charge is 2.23. The first kappa shape index (κ1) is 12.8. The summed E-state index contributed by atoms with van der Waals surface area (Å²) in [6.07, 6.45) is 0.375. The lowest BCUT2D eigenvalue weighted by molar-refractivity contribution is 0.157. The molecule has 1 nitrogen and oxygen atoms in total. The van der Waals surface area contributed by atoms with Crippen molar-refractivity contribution in [1.82, 2.24) is 0 Å². The zero-order chi connectivity index (χ0) is 11.6. The second kappa shape index (κ2) is 4.73. The topological polar surface area (TPSA) is 20.2 Å². The summed E-state index contributed by atoms with van der Waals surface area (Å²) >= 11 is 11.8. The van der Waals surface area contributed by atoms with Crippen molar-refractivity contribution in [3.05, 3.63) is 33.8 Å². The van der Waals surface area contributed by atoms with Crippen molar-refractivity contribution in [2.24, 2.45) is 0 Å². The predicted octanol–water partition coefficient (Wildman–Crippen LogP) is 4.04. The number of aliphatic hydroxyl groups is 1. The molecule has 1 rings (SSSR count). The van der Waals surface area contributed by atoms with E-state index in [0.29, 0.717) is 16.5 Å². The fraction of sp³-hybridized carbons (Fsp3) is 0.500. The monoisotopic (exact) mass is 246 g/mol. The van der Waals surface area contributed by atoms with Crippen LogP contribution in [0.3, 0.4) is 0 Å². The van der Waals surface area contributed by atoms with Gasteiger partial charge in [0.1, 0.15) is 0 Å². The van der Waals surface area contributed by atoms with E-state index in [1.165, 1.54) is 0 Å². The Bertz CT molecular complexity index is 345. The summed E-state index contributed by atoms with van der Waals surface area (Å²) in [5.41, 5.74) is 1.00. The molecule has 1 aromatic carbocycles. The van der Waals surface area contributed by atoms with Crippen LogP contribution in [0.15, 0.2) is 18.2 Å². The number of hydrogen-bond donors (Lipinski definition) is 1. The summed E-state index contributed by atoms with van der Waals surface area (Å²) in [6, 6.07) is 5.62. The number of aliphatic hydroxyl groups excluding tert-OH is 1. The van der Waals surface area contributed by atoms with Crippen LogP contribution in [-0.2, 0) is 5.41 Å². The summed E-state index contributed by atoms with van der Waals surface area (Å²) in [7, 11) is 0. The van der Waals surface area contributed by atoms with E-state index in [4.69, 9.17) is 23.2 Å². The normalized spacial score (nSPS) is 14.0. The van der Waals surface area contributed by atoms with Crippen molar-refractivity contribution >= 4 is 23.2 Å². The average molecular weight is 247 g/mol. The molecule has 0 fully saturated rings. The molecular weight excluding hydrogens is 231 g/mol. The number of halogens is 2. The first-order valence-electron chi connectivity index (χ1n) is 4.96. The summed E-state index contributed by atoms with van der Waals surface area (Å²) < 4.78 is 0. The molecule has 15 heavy (non-hydrogen) atoms. The molecule has 3 heteroatoms. The fourth-order valence-corrected chi connectivity index (χ4v) is 2.07. The Hall–Kier alpha value is -0.240. The van der Waals surface area contributed by atoms with Gasteiger partial charge in [0.05, 0.1) is 16.1 Å². The molecule has 0 aliphatic carbocycles. The second-order valence-corrected chi connectivity index (χ2v) is 5.38. The molecule has 1 aromatic rings. The minimum Gasteiger partial charge on any atom is -0.393 e. The maximum absolute atomic E-state index is 9.41. The number of benzene rings is 1. The average Bonchev–Trinajstić information content (AvgIpc) is 2.07. The third-order valence-corrected chi connectivity index (χ3v) is 3.25. The molecule has 0 aliphatic heterocycles. The van der Waals surface area contributed by atoms with Crippen molar-refractivity contribution in [2.75, 3.05) is 0 Å². The molecule has 0 saturated carbocycles. The minimum atomic E-state index is -0.325. The van der Waals surface area contributed by atoms with Crippen LogP contribution in [0.2, 0.25) is 10.0 Å². The smallest absolute Gasteiger partial charge is 0.0595 e. The fourth-order valence-electron chi connectivity index (χ4n) is 1.77. The van der Waals surface area contributed by atoms with Gasteiger partial charge in [-0.05, 0) is 36.5 Å². The van der Waals surface area contributed by atoms with E-state index in [0.717, 1.165) is 5.56 Å². The number of hydrogen-bond acceptors (Lipinski definition) is 1. The highest BCUT2D eigenvalue weighted by molar-refractivity contribution is 6.42. The summed E-state index contributed by atoms with van der Waals surface area (Å²) in [4.78, 5) is 0. The lowest BCUT2D eigenvalue weighted by Gasteiger charge is -2.27. The molecule has 1 N–H and O–H groups in total. The molecular formula is C12H16Cl2O. The van der Waals surface area contributed by atoms with Crippen LogP contribution in [0.1, 0.15) is 32.8 Å². The van der Waals surface area contributed by atoms with E-state index in [2.05, 4.69) is 13.8 Å². The van der Waals surface area contributed by atoms with Gasteiger partial charge in [-0.15, -0.1) is 0 Å². The number of rotatable bonds is 3. The first-order valence-corrected chi connectivity index (χ1v) is 5.72. The van der Waals surface area contributed by atoms with E-state index in [9.17, 15) is 5.11 Å². The van der Waals surface area contributed by atoms with Gasteiger partial charge in [-0.1, -0.05) is 43.1 Å². The van der Waals surface area contributed by atoms with Crippen LogP contribution in [-0.4, -0.2) is 11.2 Å². The van der Waals surface area contributed by atoms with E-state index in [1.807, 2.05) is 12.1 Å². The zero-order valence-electron chi connectivity index (χ0n) is 9.22. The molecule has 0 heterocycles. The van der Waals surface area contributed by atoms with Gasteiger partial charge in [-0.25, -0.2) is 0 Å². The minimum absolute atomic E-state index is 0.0948. The Labute approximate surface area is 101 Å². The summed E-state index contributed by atoms with van der Waals surface area (Å²) in [5.74, 6) is 0. The molecule has 1 unspecified atom stereocenters. The molecule has 0 radical (unpaired) electrons. The van der Waals surface area contributed by atoms with Crippen LogP contribution in [0.4, 0.5) is 0 Å². The van der Waals surface area contributed by atoms with Gasteiger partial charge in [0.15, 0.2) is 0 Å². The van der Waals surface area contributed by atoms with Crippen LogP contribution in [0, 0.1) is 0 Å². The predicted molar refractivity (Wildman–Crippen MR) is 65.8 cm³/mol. The molecule has 1 atom stereocenters. The van der Waals surface area contributed by atoms with Gasteiger partial charge in [0.2, 0.25) is 0 Å².